The van der Waals surface area contributed by atoms with Crippen LogP contribution in [0.5, 0.6) is 11.5 Å². The SMILES string of the molecule is COc1ccc(C2SC(c3ccccc3)=C(C)N(CCN(C)CCNC(=O)COc3ccc(-c4cc(C#N)c(=O)[nH]c4C)cc3)C(=O)C2OC(C)=O)cc1. The number of hydrogen-bond donors (Lipinski definition) is 2. The van der Waals surface area contributed by atoms with Crippen molar-refractivity contribution in [2.75, 3.05) is 46.9 Å². The van der Waals surface area contributed by atoms with Crippen LogP contribution in [0.3, 0.4) is 0 Å². The Bertz CT molecular complexity index is 2090. The highest BCUT2D eigenvalue weighted by Gasteiger charge is 2.41. The number of amides is 2. The molecule has 0 bridgehead atoms. The maximum absolute atomic E-state index is 14.3. The van der Waals surface area contributed by atoms with Crippen LogP contribution in [-0.2, 0) is 19.1 Å². The Labute approximate surface area is 318 Å². The number of nitrogens with zero attached hydrogens (tertiary/aromatic N) is 3. The summed E-state index contributed by atoms with van der Waals surface area (Å²) in [5.41, 5.74) is 4.30. The van der Waals surface area contributed by atoms with Crippen molar-refractivity contribution in [1.82, 2.24) is 20.1 Å². The van der Waals surface area contributed by atoms with E-state index in [1.165, 1.54) is 18.7 Å². The van der Waals surface area contributed by atoms with Crippen LogP contribution in [-0.4, -0.2) is 85.6 Å². The number of aromatic amines is 1. The van der Waals surface area contributed by atoms with E-state index < -0.39 is 22.9 Å². The average Bonchev–Trinajstić information content (AvgIpc) is 3.26. The van der Waals surface area contributed by atoms with Crippen molar-refractivity contribution in [2.24, 2.45) is 0 Å². The van der Waals surface area contributed by atoms with Gasteiger partial charge in [-0.2, -0.15) is 5.26 Å². The molecular formula is C41H43N5O7S. The van der Waals surface area contributed by atoms with E-state index in [1.54, 1.807) is 49.3 Å². The van der Waals surface area contributed by atoms with Crippen molar-refractivity contribution in [3.05, 3.63) is 123 Å². The minimum absolute atomic E-state index is 0.0312. The molecule has 280 valence electrons. The Morgan fingerprint density at radius 2 is 1.65 bits per heavy atom. The lowest BCUT2D eigenvalue weighted by molar-refractivity contribution is -0.157. The van der Waals surface area contributed by atoms with Gasteiger partial charge in [-0.1, -0.05) is 54.6 Å². The van der Waals surface area contributed by atoms with E-state index in [0.717, 1.165) is 32.9 Å². The normalized spacial score (nSPS) is 15.7. The summed E-state index contributed by atoms with van der Waals surface area (Å²) < 4.78 is 16.8. The first kappa shape index (κ1) is 39.4. The zero-order valence-electron chi connectivity index (χ0n) is 30.9. The number of hydrogen-bond acceptors (Lipinski definition) is 10. The number of benzene rings is 3. The number of esters is 1. The molecule has 2 N–H and O–H groups in total. The average molecular weight is 750 g/mol. The number of likely N-dealkylation sites (N-methyl/N-ethyl adjacent to an activating group) is 1. The van der Waals surface area contributed by atoms with Crippen molar-refractivity contribution in [3.63, 3.8) is 0 Å². The van der Waals surface area contributed by atoms with Gasteiger partial charge in [0.15, 0.2) is 12.7 Å². The maximum Gasteiger partial charge on any atom is 0.303 e. The molecule has 1 aliphatic rings. The molecule has 0 fully saturated rings. The van der Waals surface area contributed by atoms with Gasteiger partial charge in [0, 0.05) is 55.0 Å². The molecule has 0 saturated carbocycles. The molecule has 13 heteroatoms. The van der Waals surface area contributed by atoms with Crippen LogP contribution in [0.25, 0.3) is 16.0 Å². The van der Waals surface area contributed by atoms with Gasteiger partial charge in [0.1, 0.15) is 23.1 Å². The molecule has 1 aromatic heterocycles. The number of nitriles is 1. The van der Waals surface area contributed by atoms with Crippen LogP contribution in [0.1, 0.15) is 41.5 Å². The number of methoxy groups -OCH3 is 1. The second kappa shape index (κ2) is 18.3. The topological polar surface area (TPSA) is 154 Å². The largest absolute Gasteiger partial charge is 0.497 e. The zero-order valence-corrected chi connectivity index (χ0v) is 31.7. The van der Waals surface area contributed by atoms with E-state index in [2.05, 4.69) is 10.3 Å². The van der Waals surface area contributed by atoms with Crippen LogP contribution in [0.4, 0.5) is 0 Å². The summed E-state index contributed by atoms with van der Waals surface area (Å²) in [4.78, 5) is 58.5. The van der Waals surface area contributed by atoms with Crippen LogP contribution >= 0.6 is 11.8 Å². The van der Waals surface area contributed by atoms with Gasteiger partial charge in [-0.15, -0.1) is 11.8 Å². The van der Waals surface area contributed by atoms with Gasteiger partial charge in [-0.25, -0.2) is 0 Å². The summed E-state index contributed by atoms with van der Waals surface area (Å²) in [5.74, 6) is 0.0296. The maximum atomic E-state index is 14.3. The number of H-pyrrole nitrogens is 1. The van der Waals surface area contributed by atoms with E-state index in [4.69, 9.17) is 14.2 Å². The monoisotopic (exact) mass is 749 g/mol. The summed E-state index contributed by atoms with van der Waals surface area (Å²) >= 11 is 1.50. The molecule has 54 heavy (non-hydrogen) atoms. The summed E-state index contributed by atoms with van der Waals surface area (Å²) in [6.07, 6.45) is -1.07. The Morgan fingerprint density at radius 1 is 0.963 bits per heavy atom. The van der Waals surface area contributed by atoms with Gasteiger partial charge in [0.25, 0.3) is 17.4 Å². The fourth-order valence-electron chi connectivity index (χ4n) is 6.02. The van der Waals surface area contributed by atoms with Crippen molar-refractivity contribution in [1.29, 1.82) is 5.26 Å². The third-order valence-electron chi connectivity index (χ3n) is 8.95. The first-order valence-corrected chi connectivity index (χ1v) is 18.2. The molecule has 2 heterocycles. The van der Waals surface area contributed by atoms with Crippen LogP contribution < -0.4 is 20.3 Å². The smallest absolute Gasteiger partial charge is 0.303 e. The number of carbonyl (C=O) groups excluding carboxylic acids is 3. The summed E-state index contributed by atoms with van der Waals surface area (Å²) in [6, 6.07) is 27.8. The summed E-state index contributed by atoms with van der Waals surface area (Å²) in [7, 11) is 3.50. The Balaban J connectivity index is 1.19. The molecule has 0 saturated heterocycles. The molecule has 0 aliphatic carbocycles. The Morgan fingerprint density at radius 3 is 2.30 bits per heavy atom. The predicted octanol–water partition coefficient (Wildman–Crippen LogP) is 5.29. The summed E-state index contributed by atoms with van der Waals surface area (Å²) in [5, 5.41) is 11.6. The van der Waals surface area contributed by atoms with Crippen molar-refractivity contribution < 1.29 is 28.6 Å². The standard InChI is InChI=1S/C41H43N5O7S/c1-26-35(23-32(24-42)40(49)44-26)29-11-17-34(18-12-29)52-25-36(48)43-19-20-45(4)21-22-46-27(2)38(30-9-7-6-8-10-30)54-39(37(41(46)50)53-28(3)47)31-13-15-33(51-5)16-14-31/h6-18,23,37,39H,19-22,25H2,1-5H3,(H,43,48)(H,44,49). The van der Waals surface area contributed by atoms with E-state index in [1.807, 2.05) is 79.5 Å². The lowest BCUT2D eigenvalue weighted by atomic mass is 10.0. The lowest BCUT2D eigenvalue weighted by Gasteiger charge is -2.29. The van der Waals surface area contributed by atoms with Crippen molar-refractivity contribution in [3.8, 4) is 28.7 Å². The fraction of sp³-hybridized carbons (Fsp3) is 0.293. The van der Waals surface area contributed by atoms with Gasteiger partial charge < -0.3 is 34.3 Å². The molecule has 12 nitrogen and oxygen atoms in total. The molecule has 2 unspecified atom stereocenters. The minimum atomic E-state index is -1.07. The van der Waals surface area contributed by atoms with Gasteiger partial charge in [-0.05, 0) is 67.9 Å². The number of carbonyl (C=O) groups is 3. The highest BCUT2D eigenvalue weighted by Crippen LogP contribution is 2.48. The Hall–Kier alpha value is -5.84. The summed E-state index contributed by atoms with van der Waals surface area (Å²) in [6.45, 7) is 6.48. The Kier molecular flexibility index (Phi) is 13.3. The number of ether oxygens (including phenoxy) is 3. The second-order valence-corrected chi connectivity index (χ2v) is 13.9. The number of allylic oxidation sites excluding steroid dienone is 1. The predicted molar refractivity (Wildman–Crippen MR) is 208 cm³/mol. The molecule has 2 amide bonds. The number of thioether (sulfide) groups is 1. The fourth-order valence-corrected chi connectivity index (χ4v) is 7.42. The molecular weight excluding hydrogens is 707 g/mol. The minimum Gasteiger partial charge on any atom is -0.497 e. The molecule has 0 radical (unpaired) electrons. The van der Waals surface area contributed by atoms with Crippen LogP contribution in [0.15, 0.2) is 95.4 Å². The first-order valence-electron chi connectivity index (χ1n) is 17.4. The molecule has 1 aliphatic heterocycles. The highest BCUT2D eigenvalue weighted by atomic mass is 32.2. The quantitative estimate of drug-likeness (QED) is 0.163. The van der Waals surface area contributed by atoms with Gasteiger partial charge in [0.05, 0.1) is 12.4 Å². The van der Waals surface area contributed by atoms with Crippen LogP contribution in [0.2, 0.25) is 0 Å². The molecule has 0 spiro atoms. The third kappa shape index (κ3) is 9.77. The molecule has 5 rings (SSSR count). The van der Waals surface area contributed by atoms with Gasteiger partial charge >= 0.3 is 5.97 Å². The van der Waals surface area contributed by atoms with Gasteiger partial charge in [0.2, 0.25) is 0 Å². The van der Waals surface area contributed by atoms with Gasteiger partial charge in [-0.3, -0.25) is 19.2 Å². The van der Waals surface area contributed by atoms with Crippen molar-refractivity contribution >= 4 is 34.5 Å². The van der Waals surface area contributed by atoms with Crippen molar-refractivity contribution in [2.45, 2.75) is 32.1 Å². The second-order valence-electron chi connectivity index (χ2n) is 12.7. The van der Waals surface area contributed by atoms with E-state index >= 15 is 0 Å². The van der Waals surface area contributed by atoms with E-state index in [-0.39, 0.29) is 24.0 Å². The number of aryl methyl sites for hydroxylation is 1. The number of pyridine rings is 1. The number of rotatable bonds is 14. The van der Waals surface area contributed by atoms with Crippen LogP contribution in [0, 0.1) is 18.3 Å². The third-order valence-corrected chi connectivity index (χ3v) is 10.5. The molecule has 2 atom stereocenters. The molecule has 4 aromatic rings. The van der Waals surface area contributed by atoms with E-state index in [0.29, 0.717) is 43.4 Å². The zero-order chi connectivity index (χ0) is 38.8. The first-order chi connectivity index (χ1) is 26.0. The van der Waals surface area contributed by atoms with E-state index in [9.17, 15) is 24.4 Å². The lowest BCUT2D eigenvalue weighted by Crippen LogP contribution is -2.45. The number of aromatic nitrogens is 1. The highest BCUT2D eigenvalue weighted by molar-refractivity contribution is 8.08. The molecule has 3 aromatic carbocycles. The number of nitrogens with one attached hydrogen (secondary N) is 2.